The fourth-order valence-electron chi connectivity index (χ4n) is 1.81. The van der Waals surface area contributed by atoms with Crippen LogP contribution < -0.4 is 11.1 Å². The van der Waals surface area contributed by atoms with Gasteiger partial charge in [-0.25, -0.2) is 4.98 Å². The third kappa shape index (κ3) is 4.07. The summed E-state index contributed by atoms with van der Waals surface area (Å²) in [5.74, 6) is 0. The van der Waals surface area contributed by atoms with Crippen LogP contribution in [0.3, 0.4) is 0 Å². The van der Waals surface area contributed by atoms with E-state index >= 15 is 0 Å². The SMILES string of the molecule is CC(CC(F)(F)F)NCc1ccc2nc(N)sc2c1. The minimum absolute atomic E-state index is 0.394. The van der Waals surface area contributed by atoms with E-state index in [1.165, 1.54) is 18.3 Å². The number of benzene rings is 1. The molecule has 3 N–H and O–H groups in total. The molecule has 3 nitrogen and oxygen atoms in total. The number of fused-ring (bicyclic) bond motifs is 1. The van der Waals surface area contributed by atoms with E-state index in [2.05, 4.69) is 10.3 Å². The molecular formula is C12H14F3N3S. The van der Waals surface area contributed by atoms with Gasteiger partial charge in [-0.2, -0.15) is 13.2 Å². The van der Waals surface area contributed by atoms with Gasteiger partial charge < -0.3 is 11.1 Å². The minimum Gasteiger partial charge on any atom is -0.375 e. The molecule has 0 saturated carbocycles. The van der Waals surface area contributed by atoms with Crippen LogP contribution in [0.2, 0.25) is 0 Å². The van der Waals surface area contributed by atoms with Crippen molar-refractivity contribution in [1.29, 1.82) is 0 Å². The lowest BCUT2D eigenvalue weighted by Crippen LogP contribution is -2.30. The first kappa shape index (κ1) is 14.1. The van der Waals surface area contributed by atoms with Gasteiger partial charge in [0, 0.05) is 12.6 Å². The van der Waals surface area contributed by atoms with Crippen LogP contribution in [0.1, 0.15) is 18.9 Å². The summed E-state index contributed by atoms with van der Waals surface area (Å²) in [6, 6.07) is 4.96. The van der Waals surface area contributed by atoms with Crippen molar-refractivity contribution in [3.05, 3.63) is 23.8 Å². The van der Waals surface area contributed by atoms with Crippen molar-refractivity contribution in [2.45, 2.75) is 32.1 Å². The van der Waals surface area contributed by atoms with Crippen LogP contribution in [0.25, 0.3) is 10.2 Å². The second kappa shape index (κ2) is 5.34. The molecule has 1 aromatic heterocycles. The Morgan fingerprint density at radius 3 is 2.84 bits per heavy atom. The highest BCUT2D eigenvalue weighted by molar-refractivity contribution is 7.22. The summed E-state index contributed by atoms with van der Waals surface area (Å²) in [7, 11) is 0. The lowest BCUT2D eigenvalue weighted by atomic mass is 10.2. The zero-order chi connectivity index (χ0) is 14.0. The summed E-state index contributed by atoms with van der Waals surface area (Å²) in [6.45, 7) is 1.92. The molecule has 0 spiro atoms. The fraction of sp³-hybridized carbons (Fsp3) is 0.417. The third-order valence-electron chi connectivity index (χ3n) is 2.66. The number of halogens is 3. The molecule has 2 rings (SSSR count). The van der Waals surface area contributed by atoms with E-state index in [0.29, 0.717) is 11.7 Å². The lowest BCUT2D eigenvalue weighted by Gasteiger charge is -2.15. The van der Waals surface area contributed by atoms with E-state index in [1.807, 2.05) is 18.2 Å². The molecule has 19 heavy (non-hydrogen) atoms. The van der Waals surface area contributed by atoms with Gasteiger partial charge in [0.1, 0.15) is 0 Å². The Morgan fingerprint density at radius 2 is 2.16 bits per heavy atom. The Kier molecular flexibility index (Phi) is 3.96. The van der Waals surface area contributed by atoms with Gasteiger partial charge in [-0.3, -0.25) is 0 Å². The number of thiazole rings is 1. The van der Waals surface area contributed by atoms with Gasteiger partial charge in [-0.05, 0) is 24.6 Å². The summed E-state index contributed by atoms with van der Waals surface area (Å²) >= 11 is 1.37. The number of aromatic nitrogens is 1. The molecule has 2 aromatic rings. The number of rotatable bonds is 4. The van der Waals surface area contributed by atoms with Gasteiger partial charge in [-0.15, -0.1) is 0 Å². The van der Waals surface area contributed by atoms with Crippen LogP contribution in [-0.4, -0.2) is 17.2 Å². The monoisotopic (exact) mass is 289 g/mol. The van der Waals surface area contributed by atoms with Crippen molar-refractivity contribution in [2.75, 3.05) is 5.73 Å². The lowest BCUT2D eigenvalue weighted by molar-refractivity contribution is -0.139. The Bertz CT molecular complexity index is 565. The van der Waals surface area contributed by atoms with Gasteiger partial charge in [0.2, 0.25) is 0 Å². The average Bonchev–Trinajstić information content (AvgIpc) is 2.63. The number of nitrogens with one attached hydrogen (secondary N) is 1. The molecule has 1 aromatic carbocycles. The zero-order valence-electron chi connectivity index (χ0n) is 10.3. The molecule has 1 unspecified atom stereocenters. The Balaban J connectivity index is 1.97. The molecule has 0 saturated heterocycles. The molecule has 1 atom stereocenters. The predicted molar refractivity (Wildman–Crippen MR) is 71.0 cm³/mol. The maximum absolute atomic E-state index is 12.2. The smallest absolute Gasteiger partial charge is 0.375 e. The largest absolute Gasteiger partial charge is 0.390 e. The molecule has 0 aliphatic rings. The predicted octanol–water partition coefficient (Wildman–Crippen LogP) is 3.31. The van der Waals surface area contributed by atoms with Gasteiger partial charge in [0.15, 0.2) is 5.13 Å². The highest BCUT2D eigenvalue weighted by Gasteiger charge is 2.29. The molecule has 0 aliphatic carbocycles. The molecule has 104 valence electrons. The molecule has 0 radical (unpaired) electrons. The van der Waals surface area contributed by atoms with E-state index in [1.54, 1.807) is 0 Å². The summed E-state index contributed by atoms with van der Waals surface area (Å²) in [6.07, 6.45) is -4.97. The number of hydrogen-bond acceptors (Lipinski definition) is 4. The van der Waals surface area contributed by atoms with Crippen molar-refractivity contribution in [2.24, 2.45) is 0 Å². The minimum atomic E-state index is -4.14. The van der Waals surface area contributed by atoms with E-state index in [-0.39, 0.29) is 0 Å². The average molecular weight is 289 g/mol. The molecule has 7 heteroatoms. The number of nitrogens with two attached hydrogens (primary N) is 1. The van der Waals surface area contributed by atoms with Crippen molar-refractivity contribution in [1.82, 2.24) is 10.3 Å². The Labute approximate surface area is 112 Å². The van der Waals surface area contributed by atoms with E-state index in [4.69, 9.17) is 5.73 Å². The van der Waals surface area contributed by atoms with Crippen molar-refractivity contribution < 1.29 is 13.2 Å². The first-order valence-electron chi connectivity index (χ1n) is 5.78. The number of nitrogens with zero attached hydrogens (tertiary/aromatic N) is 1. The topological polar surface area (TPSA) is 50.9 Å². The second-order valence-electron chi connectivity index (χ2n) is 4.46. The van der Waals surface area contributed by atoms with Crippen LogP contribution >= 0.6 is 11.3 Å². The highest BCUT2D eigenvalue weighted by atomic mass is 32.1. The van der Waals surface area contributed by atoms with Gasteiger partial charge in [-0.1, -0.05) is 17.4 Å². The molecule has 1 heterocycles. The van der Waals surface area contributed by atoms with E-state index < -0.39 is 18.6 Å². The van der Waals surface area contributed by atoms with Gasteiger partial charge in [0.05, 0.1) is 16.6 Å². The first-order chi connectivity index (χ1) is 8.83. The van der Waals surface area contributed by atoms with Crippen molar-refractivity contribution >= 4 is 26.7 Å². The Hall–Kier alpha value is -1.34. The molecule has 0 amide bonds. The fourth-order valence-corrected chi connectivity index (χ4v) is 2.61. The van der Waals surface area contributed by atoms with Gasteiger partial charge in [0.25, 0.3) is 0 Å². The molecule has 0 fully saturated rings. The van der Waals surface area contributed by atoms with Crippen LogP contribution in [0.15, 0.2) is 18.2 Å². The van der Waals surface area contributed by atoms with Crippen LogP contribution in [0.4, 0.5) is 18.3 Å². The first-order valence-corrected chi connectivity index (χ1v) is 6.60. The number of alkyl halides is 3. The normalized spacial score (nSPS) is 13.9. The maximum Gasteiger partial charge on any atom is 0.390 e. The molecular weight excluding hydrogens is 275 g/mol. The number of nitrogen functional groups attached to an aromatic ring is 1. The second-order valence-corrected chi connectivity index (χ2v) is 5.52. The van der Waals surface area contributed by atoms with Crippen molar-refractivity contribution in [3.8, 4) is 0 Å². The molecule has 0 aliphatic heterocycles. The van der Waals surface area contributed by atoms with Gasteiger partial charge >= 0.3 is 6.18 Å². The molecule has 0 bridgehead atoms. The summed E-state index contributed by atoms with van der Waals surface area (Å²) in [4.78, 5) is 4.13. The number of anilines is 1. The number of hydrogen-bond donors (Lipinski definition) is 2. The van der Waals surface area contributed by atoms with E-state index in [0.717, 1.165) is 15.8 Å². The van der Waals surface area contributed by atoms with Crippen molar-refractivity contribution in [3.63, 3.8) is 0 Å². The zero-order valence-corrected chi connectivity index (χ0v) is 11.1. The third-order valence-corrected chi connectivity index (χ3v) is 3.51. The van der Waals surface area contributed by atoms with Crippen LogP contribution in [0, 0.1) is 0 Å². The maximum atomic E-state index is 12.2. The summed E-state index contributed by atoms with van der Waals surface area (Å²) < 4.78 is 37.5. The van der Waals surface area contributed by atoms with Crippen LogP contribution in [-0.2, 0) is 6.54 Å². The quantitative estimate of drug-likeness (QED) is 0.908. The summed E-state index contributed by atoms with van der Waals surface area (Å²) in [5, 5.41) is 3.35. The Morgan fingerprint density at radius 1 is 1.42 bits per heavy atom. The summed E-state index contributed by atoms with van der Waals surface area (Å²) in [5.41, 5.74) is 7.33. The van der Waals surface area contributed by atoms with Crippen LogP contribution in [0.5, 0.6) is 0 Å². The van der Waals surface area contributed by atoms with E-state index in [9.17, 15) is 13.2 Å². The standard InChI is InChI=1S/C12H14F3N3S/c1-7(5-12(13,14)15)17-6-8-2-3-9-10(4-8)19-11(16)18-9/h2-4,7,17H,5-6H2,1H3,(H2,16,18). The highest BCUT2D eigenvalue weighted by Crippen LogP contribution is 2.25.